The Kier molecular flexibility index (Phi) is 5.14. The number of carbonyl (C=O) groups excluding carboxylic acids is 1. The van der Waals surface area contributed by atoms with Gasteiger partial charge >= 0.3 is 0 Å². The average molecular weight is 414 g/mol. The first kappa shape index (κ1) is 18.3. The van der Waals surface area contributed by atoms with Crippen molar-refractivity contribution in [3.05, 3.63) is 82.2 Å². The van der Waals surface area contributed by atoms with E-state index in [1.54, 1.807) is 42.5 Å². The van der Waals surface area contributed by atoms with E-state index in [9.17, 15) is 4.79 Å². The Balaban J connectivity index is 1.41. The van der Waals surface area contributed by atoms with Gasteiger partial charge in [-0.15, -0.1) is 0 Å². The van der Waals surface area contributed by atoms with Crippen molar-refractivity contribution in [3.63, 3.8) is 0 Å². The molecule has 2 aromatic heterocycles. The molecule has 0 fully saturated rings. The van der Waals surface area contributed by atoms with Crippen molar-refractivity contribution < 1.29 is 13.8 Å². The van der Waals surface area contributed by atoms with Crippen LogP contribution in [0.25, 0.3) is 22.5 Å². The summed E-state index contributed by atoms with van der Waals surface area (Å²) in [6.45, 7) is 0.152. The number of aromatic nitrogens is 2. The molecule has 0 saturated carbocycles. The van der Waals surface area contributed by atoms with Gasteiger partial charge < -0.3 is 14.4 Å². The molecule has 28 heavy (non-hydrogen) atoms. The Morgan fingerprint density at radius 1 is 0.857 bits per heavy atom. The van der Waals surface area contributed by atoms with Crippen LogP contribution in [-0.4, -0.2) is 16.2 Å². The van der Waals surface area contributed by atoms with E-state index in [1.165, 1.54) is 0 Å². The number of hydrogen-bond acceptors (Lipinski definition) is 5. The van der Waals surface area contributed by atoms with Crippen LogP contribution in [0, 0.1) is 0 Å². The highest BCUT2D eigenvalue weighted by molar-refractivity contribution is 6.31. The van der Waals surface area contributed by atoms with Crippen LogP contribution < -0.4 is 5.32 Å². The van der Waals surface area contributed by atoms with Gasteiger partial charge in [-0.05, 0) is 24.3 Å². The lowest BCUT2D eigenvalue weighted by Gasteiger charge is -1.98. The highest BCUT2D eigenvalue weighted by Crippen LogP contribution is 2.23. The van der Waals surface area contributed by atoms with E-state index >= 15 is 0 Å². The Bertz CT molecular complexity index is 1140. The second-order valence-corrected chi connectivity index (χ2v) is 6.83. The molecule has 2 aromatic carbocycles. The van der Waals surface area contributed by atoms with Gasteiger partial charge in [0.1, 0.15) is 11.4 Å². The lowest BCUT2D eigenvalue weighted by Crippen LogP contribution is -2.21. The van der Waals surface area contributed by atoms with Crippen LogP contribution in [0.4, 0.5) is 0 Å². The number of nitrogens with zero attached hydrogens (tertiary/aromatic N) is 2. The summed E-state index contributed by atoms with van der Waals surface area (Å²) in [6, 6.07) is 17.7. The van der Waals surface area contributed by atoms with Crippen molar-refractivity contribution in [2.24, 2.45) is 0 Å². The third kappa shape index (κ3) is 4.08. The van der Waals surface area contributed by atoms with Gasteiger partial charge in [-0.3, -0.25) is 4.79 Å². The lowest BCUT2D eigenvalue weighted by atomic mass is 10.1. The molecule has 1 N–H and O–H groups in total. The van der Waals surface area contributed by atoms with Crippen LogP contribution >= 0.6 is 23.2 Å². The van der Waals surface area contributed by atoms with E-state index in [-0.39, 0.29) is 12.3 Å². The smallest absolute Gasteiger partial charge is 0.290 e. The number of amides is 1. The highest BCUT2D eigenvalue weighted by Gasteiger charge is 2.15. The van der Waals surface area contributed by atoms with Crippen molar-refractivity contribution >= 4 is 29.1 Å². The molecule has 2 heterocycles. The van der Waals surface area contributed by atoms with E-state index in [4.69, 9.17) is 32.2 Å². The second-order valence-electron chi connectivity index (χ2n) is 5.96. The Labute approximate surface area is 170 Å². The summed E-state index contributed by atoms with van der Waals surface area (Å²) in [6.07, 6.45) is 0. The fraction of sp³-hybridized carbons (Fsp3) is 0.0500. The summed E-state index contributed by atoms with van der Waals surface area (Å²) in [7, 11) is 0. The van der Waals surface area contributed by atoms with E-state index in [0.29, 0.717) is 27.2 Å². The third-order valence-electron chi connectivity index (χ3n) is 3.96. The number of hydrogen-bond donors (Lipinski definition) is 1. The molecule has 8 heteroatoms. The summed E-state index contributed by atoms with van der Waals surface area (Å²) in [4.78, 5) is 12.3. The molecule has 0 bridgehead atoms. The topological polar surface area (TPSA) is 81.2 Å². The van der Waals surface area contributed by atoms with Crippen LogP contribution in [-0.2, 0) is 6.54 Å². The van der Waals surface area contributed by atoms with Gasteiger partial charge in [0.15, 0.2) is 5.76 Å². The Morgan fingerprint density at radius 3 is 2.11 bits per heavy atom. The van der Waals surface area contributed by atoms with Gasteiger partial charge in [-0.25, -0.2) is 0 Å². The molecule has 0 unspecified atom stereocenters. The molecule has 0 saturated heterocycles. The van der Waals surface area contributed by atoms with Crippen molar-refractivity contribution in [2.45, 2.75) is 6.54 Å². The zero-order chi connectivity index (χ0) is 19.5. The second kappa shape index (κ2) is 7.88. The lowest BCUT2D eigenvalue weighted by molar-refractivity contribution is 0.0910. The van der Waals surface area contributed by atoms with Gasteiger partial charge in [0, 0.05) is 33.3 Å². The van der Waals surface area contributed by atoms with Crippen molar-refractivity contribution in [2.75, 3.05) is 0 Å². The Morgan fingerprint density at radius 2 is 1.46 bits per heavy atom. The largest absolute Gasteiger partial charge is 0.359 e. The molecule has 0 radical (unpaired) electrons. The molecule has 6 nitrogen and oxygen atoms in total. The molecule has 0 atom stereocenters. The summed E-state index contributed by atoms with van der Waals surface area (Å²) in [5.74, 6) is 0.170. The van der Waals surface area contributed by atoms with E-state index in [1.807, 2.05) is 18.2 Å². The maximum atomic E-state index is 12.3. The number of halogens is 2. The molecule has 0 spiro atoms. The van der Waals surface area contributed by atoms with Crippen molar-refractivity contribution in [1.29, 1.82) is 0 Å². The van der Waals surface area contributed by atoms with Crippen LogP contribution in [0.1, 0.15) is 16.3 Å². The maximum Gasteiger partial charge on any atom is 0.290 e. The Hall–Kier alpha value is -3.09. The highest BCUT2D eigenvalue weighted by atomic mass is 35.5. The molecule has 1 amide bonds. The number of rotatable bonds is 5. The van der Waals surface area contributed by atoms with Crippen LogP contribution in [0.5, 0.6) is 0 Å². The minimum atomic E-state index is -0.415. The first-order valence-electron chi connectivity index (χ1n) is 8.31. The van der Waals surface area contributed by atoms with Crippen LogP contribution in [0.15, 0.2) is 69.7 Å². The third-order valence-corrected chi connectivity index (χ3v) is 4.43. The standard InChI is InChI=1S/C20H13Cl2N3O3/c21-14-5-1-3-12(7-14)17-9-16(27-24-17)11-23-20(26)19-10-18(25-28-19)13-4-2-6-15(22)8-13/h1-10H,11H2,(H,23,26). The molecule has 0 aliphatic rings. The molecular formula is C20H13Cl2N3O3. The van der Waals surface area contributed by atoms with Crippen LogP contribution in [0.2, 0.25) is 10.0 Å². The van der Waals surface area contributed by atoms with Gasteiger partial charge in [-0.1, -0.05) is 57.8 Å². The SMILES string of the molecule is O=C(NCc1cc(-c2cccc(Cl)c2)no1)c1cc(-c2cccc(Cl)c2)no1. The fourth-order valence-electron chi connectivity index (χ4n) is 2.60. The summed E-state index contributed by atoms with van der Waals surface area (Å²) < 4.78 is 10.4. The van der Waals surface area contributed by atoms with Gasteiger partial charge in [-0.2, -0.15) is 0 Å². The molecule has 0 aliphatic heterocycles. The van der Waals surface area contributed by atoms with Gasteiger partial charge in [0.05, 0.1) is 6.54 Å². The van der Waals surface area contributed by atoms with E-state index in [2.05, 4.69) is 15.6 Å². The summed E-state index contributed by atoms with van der Waals surface area (Å²) >= 11 is 12.0. The number of nitrogens with one attached hydrogen (secondary N) is 1. The van der Waals surface area contributed by atoms with Crippen molar-refractivity contribution in [3.8, 4) is 22.5 Å². The molecule has 4 rings (SSSR count). The molecular weight excluding hydrogens is 401 g/mol. The average Bonchev–Trinajstić information content (AvgIpc) is 3.36. The van der Waals surface area contributed by atoms with E-state index < -0.39 is 5.91 Å². The first-order chi connectivity index (χ1) is 13.6. The summed E-state index contributed by atoms with van der Waals surface area (Å²) in [5, 5.41) is 11.8. The molecule has 0 aliphatic carbocycles. The zero-order valence-electron chi connectivity index (χ0n) is 14.4. The quantitative estimate of drug-likeness (QED) is 0.484. The number of carbonyl (C=O) groups is 1. The van der Waals surface area contributed by atoms with E-state index in [0.717, 1.165) is 11.1 Å². The molecule has 140 valence electrons. The van der Waals surface area contributed by atoms with Gasteiger partial charge in [0.2, 0.25) is 5.76 Å². The minimum absolute atomic E-state index is 0.0876. The van der Waals surface area contributed by atoms with Crippen LogP contribution in [0.3, 0.4) is 0 Å². The monoisotopic (exact) mass is 413 g/mol. The fourth-order valence-corrected chi connectivity index (χ4v) is 2.98. The number of benzene rings is 2. The zero-order valence-corrected chi connectivity index (χ0v) is 15.9. The van der Waals surface area contributed by atoms with Crippen molar-refractivity contribution in [1.82, 2.24) is 15.6 Å². The molecule has 4 aromatic rings. The normalized spacial score (nSPS) is 10.8. The van der Waals surface area contributed by atoms with Gasteiger partial charge in [0.25, 0.3) is 5.91 Å². The maximum absolute atomic E-state index is 12.3. The summed E-state index contributed by atoms with van der Waals surface area (Å²) in [5.41, 5.74) is 2.75. The minimum Gasteiger partial charge on any atom is -0.359 e. The predicted molar refractivity (Wildman–Crippen MR) is 105 cm³/mol. The predicted octanol–water partition coefficient (Wildman–Crippen LogP) is 5.23. The first-order valence-corrected chi connectivity index (χ1v) is 9.06.